The second-order valence-corrected chi connectivity index (χ2v) is 8.12. The number of hydrogen-bond acceptors (Lipinski definition) is 5. The van der Waals surface area contributed by atoms with E-state index in [1.807, 2.05) is 80.6 Å². The van der Waals surface area contributed by atoms with Gasteiger partial charge >= 0.3 is 5.97 Å². The monoisotopic (exact) mass is 491 g/mol. The van der Waals surface area contributed by atoms with Gasteiger partial charge in [0.25, 0.3) is 0 Å². The molecule has 0 atom stereocenters. The van der Waals surface area contributed by atoms with Crippen LogP contribution in [-0.4, -0.2) is 18.5 Å². The van der Waals surface area contributed by atoms with Crippen LogP contribution in [0.3, 0.4) is 0 Å². The number of aliphatic imine (C=N–C) groups is 1. The first kappa shape index (κ1) is 21.8. The number of ether oxygens (including phenoxy) is 3. The Kier molecular flexibility index (Phi) is 6.71. The van der Waals surface area contributed by atoms with Gasteiger partial charge in [-0.15, -0.1) is 0 Å². The van der Waals surface area contributed by atoms with Gasteiger partial charge in [-0.2, -0.15) is 0 Å². The van der Waals surface area contributed by atoms with Crippen molar-refractivity contribution in [3.8, 4) is 11.5 Å². The smallest absolute Gasteiger partial charge is 0.363 e. The van der Waals surface area contributed by atoms with E-state index in [1.165, 1.54) is 0 Å². The van der Waals surface area contributed by atoms with Crippen LogP contribution in [0.15, 0.2) is 81.9 Å². The van der Waals surface area contributed by atoms with Gasteiger partial charge in [0, 0.05) is 10.0 Å². The lowest BCUT2D eigenvalue weighted by molar-refractivity contribution is -0.129. The quantitative estimate of drug-likeness (QED) is 0.296. The maximum absolute atomic E-state index is 12.4. The molecule has 4 rings (SSSR count). The van der Waals surface area contributed by atoms with Gasteiger partial charge in [-0.1, -0.05) is 52.3 Å². The number of benzene rings is 3. The Morgan fingerprint density at radius 1 is 1.00 bits per heavy atom. The normalized spacial score (nSPS) is 14.3. The number of rotatable bonds is 7. The first-order valence-electron chi connectivity index (χ1n) is 10.3. The van der Waals surface area contributed by atoms with Crippen molar-refractivity contribution < 1.29 is 19.0 Å². The topological polar surface area (TPSA) is 57.1 Å². The molecule has 0 N–H and O–H groups in total. The second kappa shape index (κ2) is 9.83. The van der Waals surface area contributed by atoms with Crippen molar-refractivity contribution >= 4 is 33.9 Å². The molecule has 5 nitrogen and oxygen atoms in total. The Balaban J connectivity index is 1.56. The molecule has 0 saturated carbocycles. The number of carbonyl (C=O) groups excluding carboxylic acids is 1. The lowest BCUT2D eigenvalue weighted by atomic mass is 10.1. The van der Waals surface area contributed by atoms with Crippen LogP contribution in [0.5, 0.6) is 11.5 Å². The molecule has 0 aromatic heterocycles. The third-order valence-electron chi connectivity index (χ3n) is 4.87. The highest BCUT2D eigenvalue weighted by molar-refractivity contribution is 9.10. The highest BCUT2D eigenvalue weighted by Gasteiger charge is 2.25. The third kappa shape index (κ3) is 5.08. The van der Waals surface area contributed by atoms with Crippen LogP contribution in [0, 0.1) is 6.92 Å². The minimum Gasteiger partial charge on any atom is -0.490 e. The molecular formula is C26H22BrNO4. The molecule has 1 aliphatic heterocycles. The summed E-state index contributed by atoms with van der Waals surface area (Å²) in [4.78, 5) is 16.8. The number of carbonyl (C=O) groups is 1. The Morgan fingerprint density at radius 2 is 1.78 bits per heavy atom. The molecule has 1 heterocycles. The summed E-state index contributed by atoms with van der Waals surface area (Å²) in [6, 6.07) is 21.1. The summed E-state index contributed by atoms with van der Waals surface area (Å²) < 4.78 is 18.2. The van der Waals surface area contributed by atoms with Crippen LogP contribution in [0.1, 0.15) is 29.2 Å². The molecule has 3 aromatic rings. The van der Waals surface area contributed by atoms with Gasteiger partial charge in [0.2, 0.25) is 5.90 Å². The van der Waals surface area contributed by atoms with E-state index in [1.54, 1.807) is 6.08 Å². The number of cyclic esters (lactones) is 1. The minimum atomic E-state index is -0.475. The first-order chi connectivity index (χ1) is 15.5. The summed E-state index contributed by atoms with van der Waals surface area (Å²) in [6.45, 7) is 4.78. The van der Waals surface area contributed by atoms with Crippen molar-refractivity contribution in [2.45, 2.75) is 20.5 Å². The number of aryl methyl sites for hydroxylation is 1. The summed E-state index contributed by atoms with van der Waals surface area (Å²) in [5.41, 5.74) is 3.86. The largest absolute Gasteiger partial charge is 0.490 e. The van der Waals surface area contributed by atoms with Crippen LogP contribution in [0.2, 0.25) is 0 Å². The van der Waals surface area contributed by atoms with Crippen LogP contribution >= 0.6 is 15.9 Å². The lowest BCUT2D eigenvalue weighted by Crippen LogP contribution is -2.06. The van der Waals surface area contributed by atoms with Crippen LogP contribution < -0.4 is 9.47 Å². The standard InChI is InChI=1S/C26H22BrNO4/c1-3-30-24-15-19(10-13-23(24)31-16-18-8-11-20(27)12-9-18)14-22-26(29)32-25(28-22)21-7-5-4-6-17(21)2/h4-15H,3,16H2,1-2H3/b22-14-. The fourth-order valence-corrected chi connectivity index (χ4v) is 3.50. The molecule has 162 valence electrons. The Bertz CT molecular complexity index is 1200. The predicted molar refractivity (Wildman–Crippen MR) is 128 cm³/mol. The molecule has 1 aliphatic rings. The summed E-state index contributed by atoms with van der Waals surface area (Å²) in [5, 5.41) is 0. The fraction of sp³-hybridized carbons (Fsp3) is 0.154. The molecule has 32 heavy (non-hydrogen) atoms. The van der Waals surface area contributed by atoms with Gasteiger partial charge in [-0.25, -0.2) is 9.79 Å². The Labute approximate surface area is 195 Å². The average molecular weight is 492 g/mol. The predicted octanol–water partition coefficient (Wildman–Crippen LogP) is 6.08. The molecule has 0 amide bonds. The van der Waals surface area contributed by atoms with E-state index in [0.717, 1.165) is 26.7 Å². The first-order valence-corrected chi connectivity index (χ1v) is 11.1. The fourth-order valence-electron chi connectivity index (χ4n) is 3.24. The number of hydrogen-bond donors (Lipinski definition) is 0. The molecular weight excluding hydrogens is 470 g/mol. The van der Waals surface area contributed by atoms with Crippen molar-refractivity contribution in [1.29, 1.82) is 0 Å². The average Bonchev–Trinajstić information content (AvgIpc) is 3.15. The molecule has 0 saturated heterocycles. The summed E-state index contributed by atoms with van der Waals surface area (Å²) in [7, 11) is 0. The maximum atomic E-state index is 12.4. The van der Waals surface area contributed by atoms with Crippen molar-refractivity contribution in [1.82, 2.24) is 0 Å². The zero-order valence-electron chi connectivity index (χ0n) is 17.8. The van der Waals surface area contributed by atoms with Gasteiger partial charge in [0.15, 0.2) is 17.2 Å². The van der Waals surface area contributed by atoms with E-state index in [0.29, 0.717) is 30.6 Å². The highest BCUT2D eigenvalue weighted by Crippen LogP contribution is 2.31. The molecule has 0 bridgehead atoms. The third-order valence-corrected chi connectivity index (χ3v) is 5.40. The Hall–Kier alpha value is -3.38. The van der Waals surface area contributed by atoms with Gasteiger partial charge in [0.05, 0.1) is 6.61 Å². The molecule has 0 aliphatic carbocycles. The van der Waals surface area contributed by atoms with Crippen LogP contribution in [-0.2, 0) is 16.1 Å². The summed E-state index contributed by atoms with van der Waals surface area (Å²) in [5.74, 6) is 1.08. The van der Waals surface area contributed by atoms with Gasteiger partial charge in [-0.05, 0) is 66.9 Å². The Morgan fingerprint density at radius 3 is 2.53 bits per heavy atom. The lowest BCUT2D eigenvalue weighted by Gasteiger charge is -2.13. The number of halogens is 1. The van der Waals surface area contributed by atoms with E-state index < -0.39 is 5.97 Å². The molecule has 0 radical (unpaired) electrons. The van der Waals surface area contributed by atoms with Crippen molar-refractivity contribution in [2.75, 3.05) is 6.61 Å². The van der Waals surface area contributed by atoms with Gasteiger partial charge < -0.3 is 14.2 Å². The molecule has 6 heteroatoms. The SMILES string of the molecule is CCOc1cc(/C=C2\N=C(c3ccccc3C)OC2=O)ccc1OCc1ccc(Br)cc1. The van der Waals surface area contributed by atoms with Crippen molar-refractivity contribution in [2.24, 2.45) is 4.99 Å². The van der Waals surface area contributed by atoms with Crippen molar-refractivity contribution in [3.63, 3.8) is 0 Å². The molecule has 3 aromatic carbocycles. The number of nitrogens with zero attached hydrogens (tertiary/aromatic N) is 1. The summed E-state index contributed by atoms with van der Waals surface area (Å²) >= 11 is 3.43. The van der Waals surface area contributed by atoms with Crippen molar-refractivity contribution in [3.05, 3.63) is 99.2 Å². The van der Waals surface area contributed by atoms with Crippen LogP contribution in [0.25, 0.3) is 6.08 Å². The highest BCUT2D eigenvalue weighted by atomic mass is 79.9. The van der Waals surface area contributed by atoms with Gasteiger partial charge in [-0.3, -0.25) is 0 Å². The molecule has 0 fully saturated rings. The minimum absolute atomic E-state index is 0.245. The molecule has 0 unspecified atom stereocenters. The second-order valence-electron chi connectivity index (χ2n) is 7.21. The van der Waals surface area contributed by atoms with Crippen LogP contribution in [0.4, 0.5) is 0 Å². The van der Waals surface area contributed by atoms with Gasteiger partial charge in [0.1, 0.15) is 6.61 Å². The molecule has 0 spiro atoms. The van der Waals surface area contributed by atoms with E-state index in [4.69, 9.17) is 14.2 Å². The zero-order valence-corrected chi connectivity index (χ0v) is 19.4. The zero-order chi connectivity index (χ0) is 22.5. The maximum Gasteiger partial charge on any atom is 0.363 e. The van der Waals surface area contributed by atoms with E-state index in [-0.39, 0.29) is 5.70 Å². The number of esters is 1. The summed E-state index contributed by atoms with van der Waals surface area (Å²) in [6.07, 6.45) is 1.69. The van der Waals surface area contributed by atoms with E-state index in [9.17, 15) is 4.79 Å². The van der Waals surface area contributed by atoms with E-state index >= 15 is 0 Å². The van der Waals surface area contributed by atoms with E-state index in [2.05, 4.69) is 20.9 Å².